The predicted molar refractivity (Wildman–Crippen MR) is 102 cm³/mol. The number of rotatable bonds is 3. The van der Waals surface area contributed by atoms with E-state index >= 15 is 0 Å². The van der Waals surface area contributed by atoms with Gasteiger partial charge < -0.3 is 9.47 Å². The summed E-state index contributed by atoms with van der Waals surface area (Å²) in [6.45, 7) is 4.05. The summed E-state index contributed by atoms with van der Waals surface area (Å²) in [5, 5.41) is 8.86. The number of piperidine rings is 1. The minimum atomic E-state index is 0.0978. The SMILES string of the molecule is C[C@@H]1CCN(C(=O)Cn2ccnn2)C[C@@H]1n1ccc2cnc3c(c21)C=CC3. The van der Waals surface area contributed by atoms with Gasteiger partial charge >= 0.3 is 0 Å². The lowest BCUT2D eigenvalue weighted by Crippen LogP contribution is -2.45. The van der Waals surface area contributed by atoms with Crippen LogP contribution >= 0.6 is 0 Å². The van der Waals surface area contributed by atoms with Crippen LogP contribution in [0.1, 0.15) is 30.6 Å². The van der Waals surface area contributed by atoms with Crippen LogP contribution in [0, 0.1) is 5.92 Å². The van der Waals surface area contributed by atoms with Crippen molar-refractivity contribution in [2.24, 2.45) is 5.92 Å². The standard InChI is InChI=1S/C20H22N6O/c1-14-5-8-24(19(27)13-25-10-7-22-23-25)12-18(14)26-9-6-15-11-21-17-4-2-3-16(17)20(15)26/h2-3,6-7,9-11,14,18H,4-5,8,12-13H2,1H3/t14-,18+/m1/s1. The number of carbonyl (C=O) groups is 1. The number of nitrogens with zero attached hydrogens (tertiary/aromatic N) is 6. The molecule has 1 saturated heterocycles. The van der Waals surface area contributed by atoms with Gasteiger partial charge in [-0.05, 0) is 18.4 Å². The van der Waals surface area contributed by atoms with E-state index in [0.717, 1.165) is 31.6 Å². The van der Waals surface area contributed by atoms with Crippen molar-refractivity contribution in [1.29, 1.82) is 0 Å². The summed E-state index contributed by atoms with van der Waals surface area (Å²) in [7, 11) is 0. The van der Waals surface area contributed by atoms with Gasteiger partial charge in [-0.1, -0.05) is 24.3 Å². The molecule has 0 bridgehead atoms. The maximum Gasteiger partial charge on any atom is 0.244 e. The van der Waals surface area contributed by atoms with E-state index in [1.165, 1.54) is 16.5 Å². The number of hydrogen-bond donors (Lipinski definition) is 0. The summed E-state index contributed by atoms with van der Waals surface area (Å²) < 4.78 is 3.95. The number of carbonyl (C=O) groups excluding carboxylic acids is 1. The van der Waals surface area contributed by atoms with Gasteiger partial charge in [-0.25, -0.2) is 4.68 Å². The normalized spacial score (nSPS) is 21.7. The van der Waals surface area contributed by atoms with Crippen LogP contribution in [-0.4, -0.2) is 48.4 Å². The summed E-state index contributed by atoms with van der Waals surface area (Å²) in [6.07, 6.45) is 13.7. The van der Waals surface area contributed by atoms with E-state index in [1.54, 1.807) is 17.1 Å². The molecule has 1 aliphatic carbocycles. The Labute approximate surface area is 157 Å². The molecule has 0 unspecified atom stereocenters. The van der Waals surface area contributed by atoms with Gasteiger partial charge in [-0.15, -0.1) is 5.10 Å². The van der Waals surface area contributed by atoms with Gasteiger partial charge in [-0.2, -0.15) is 0 Å². The molecule has 3 aromatic heterocycles. The fraction of sp³-hybridized carbons (Fsp3) is 0.400. The van der Waals surface area contributed by atoms with E-state index in [4.69, 9.17) is 0 Å². The number of fused-ring (bicyclic) bond motifs is 3. The van der Waals surface area contributed by atoms with E-state index < -0.39 is 0 Å². The predicted octanol–water partition coefficient (Wildman–Crippen LogP) is 2.31. The molecule has 3 aromatic rings. The molecule has 0 spiro atoms. The average molecular weight is 362 g/mol. The highest BCUT2D eigenvalue weighted by molar-refractivity contribution is 5.90. The molecule has 7 nitrogen and oxygen atoms in total. The molecule has 0 saturated carbocycles. The second-order valence-corrected chi connectivity index (χ2v) is 7.53. The fourth-order valence-corrected chi connectivity index (χ4v) is 4.31. The molecule has 2 atom stereocenters. The van der Waals surface area contributed by atoms with Crippen LogP contribution in [0.5, 0.6) is 0 Å². The Morgan fingerprint density at radius 2 is 2.26 bits per heavy atom. The van der Waals surface area contributed by atoms with Crippen LogP contribution in [0.25, 0.3) is 17.0 Å². The molecule has 138 valence electrons. The average Bonchev–Trinajstić information content (AvgIpc) is 3.41. The Bertz CT molecular complexity index is 1020. The van der Waals surface area contributed by atoms with Crippen molar-refractivity contribution >= 4 is 22.9 Å². The Hall–Kier alpha value is -2.96. The lowest BCUT2D eigenvalue weighted by atomic mass is 9.92. The molecule has 1 amide bonds. The first-order valence-electron chi connectivity index (χ1n) is 9.47. The molecule has 0 aromatic carbocycles. The van der Waals surface area contributed by atoms with Crippen LogP contribution in [0.3, 0.4) is 0 Å². The number of amides is 1. The smallest absolute Gasteiger partial charge is 0.244 e. The molecule has 27 heavy (non-hydrogen) atoms. The summed E-state index contributed by atoms with van der Waals surface area (Å²) in [5.41, 5.74) is 3.62. The third-order valence-corrected chi connectivity index (χ3v) is 5.87. The fourth-order valence-electron chi connectivity index (χ4n) is 4.31. The van der Waals surface area contributed by atoms with E-state index in [9.17, 15) is 4.79 Å². The van der Waals surface area contributed by atoms with Gasteiger partial charge in [0.05, 0.1) is 23.4 Å². The van der Waals surface area contributed by atoms with Crippen LogP contribution in [0.4, 0.5) is 0 Å². The van der Waals surface area contributed by atoms with Crippen molar-refractivity contribution in [3.63, 3.8) is 0 Å². The minimum Gasteiger partial charge on any atom is -0.342 e. The number of aromatic nitrogens is 5. The highest BCUT2D eigenvalue weighted by Gasteiger charge is 2.31. The number of allylic oxidation sites excluding steroid dienone is 1. The maximum absolute atomic E-state index is 12.7. The maximum atomic E-state index is 12.7. The molecule has 4 heterocycles. The van der Waals surface area contributed by atoms with Gasteiger partial charge in [0, 0.05) is 49.1 Å². The van der Waals surface area contributed by atoms with Crippen molar-refractivity contribution in [3.8, 4) is 0 Å². The summed E-state index contributed by atoms with van der Waals surface area (Å²) >= 11 is 0. The first-order valence-corrected chi connectivity index (χ1v) is 9.47. The van der Waals surface area contributed by atoms with Crippen LogP contribution in [0.2, 0.25) is 0 Å². The van der Waals surface area contributed by atoms with E-state index in [2.05, 4.69) is 51.2 Å². The second kappa shape index (κ2) is 6.33. The molecule has 7 heteroatoms. The van der Waals surface area contributed by atoms with Crippen molar-refractivity contribution < 1.29 is 4.79 Å². The first-order chi connectivity index (χ1) is 13.2. The second-order valence-electron chi connectivity index (χ2n) is 7.53. The van der Waals surface area contributed by atoms with E-state index in [-0.39, 0.29) is 18.5 Å². The highest BCUT2D eigenvalue weighted by atomic mass is 16.2. The van der Waals surface area contributed by atoms with Crippen LogP contribution in [-0.2, 0) is 17.8 Å². The zero-order valence-corrected chi connectivity index (χ0v) is 15.3. The molecular weight excluding hydrogens is 340 g/mol. The third kappa shape index (κ3) is 2.74. The highest BCUT2D eigenvalue weighted by Crippen LogP contribution is 2.34. The lowest BCUT2D eigenvalue weighted by molar-refractivity contribution is -0.134. The molecule has 2 aliphatic rings. The number of likely N-dealkylation sites (tertiary alicyclic amines) is 1. The summed E-state index contributed by atoms with van der Waals surface area (Å²) in [4.78, 5) is 19.3. The van der Waals surface area contributed by atoms with Gasteiger partial charge in [-0.3, -0.25) is 9.78 Å². The Kier molecular flexibility index (Phi) is 3.81. The molecule has 0 radical (unpaired) electrons. The lowest BCUT2D eigenvalue weighted by Gasteiger charge is -2.38. The Balaban J connectivity index is 1.46. The van der Waals surface area contributed by atoms with Gasteiger partial charge in [0.15, 0.2) is 0 Å². The third-order valence-electron chi connectivity index (χ3n) is 5.87. The van der Waals surface area contributed by atoms with Crippen molar-refractivity contribution in [1.82, 2.24) is 29.4 Å². The summed E-state index contributed by atoms with van der Waals surface area (Å²) in [5.74, 6) is 0.603. The van der Waals surface area contributed by atoms with Crippen molar-refractivity contribution in [2.75, 3.05) is 13.1 Å². The zero-order chi connectivity index (χ0) is 18.4. The van der Waals surface area contributed by atoms with Crippen LogP contribution in [0.15, 0.2) is 36.9 Å². The molecule has 1 aliphatic heterocycles. The number of pyridine rings is 1. The quantitative estimate of drug-likeness (QED) is 0.717. The van der Waals surface area contributed by atoms with Crippen LogP contribution < -0.4 is 0 Å². The minimum absolute atomic E-state index is 0.0978. The monoisotopic (exact) mass is 362 g/mol. The zero-order valence-electron chi connectivity index (χ0n) is 15.3. The van der Waals surface area contributed by atoms with E-state index in [1.807, 2.05) is 11.1 Å². The van der Waals surface area contributed by atoms with E-state index in [0.29, 0.717) is 5.92 Å². The van der Waals surface area contributed by atoms with Crippen molar-refractivity contribution in [3.05, 3.63) is 48.2 Å². The molecular formula is C20H22N6O. The first kappa shape index (κ1) is 16.2. The van der Waals surface area contributed by atoms with Gasteiger partial charge in [0.1, 0.15) is 6.54 Å². The largest absolute Gasteiger partial charge is 0.342 e. The Morgan fingerprint density at radius 3 is 3.11 bits per heavy atom. The van der Waals surface area contributed by atoms with Crippen molar-refractivity contribution in [2.45, 2.75) is 32.4 Å². The molecule has 5 rings (SSSR count). The summed E-state index contributed by atoms with van der Waals surface area (Å²) in [6, 6.07) is 2.40. The topological polar surface area (TPSA) is 68.8 Å². The van der Waals surface area contributed by atoms with Gasteiger partial charge in [0.25, 0.3) is 0 Å². The molecule has 1 fully saturated rings. The molecule has 0 N–H and O–H groups in total. The van der Waals surface area contributed by atoms with Gasteiger partial charge in [0.2, 0.25) is 5.91 Å². The number of hydrogen-bond acceptors (Lipinski definition) is 4. The Morgan fingerprint density at radius 1 is 1.33 bits per heavy atom.